The van der Waals surface area contributed by atoms with Crippen LogP contribution in [-0.2, 0) is 4.79 Å². The molecule has 0 aliphatic carbocycles. The summed E-state index contributed by atoms with van der Waals surface area (Å²) in [6.07, 6.45) is -0.596. The molecule has 0 heterocycles. The van der Waals surface area contributed by atoms with Crippen molar-refractivity contribution in [3.63, 3.8) is 0 Å². The van der Waals surface area contributed by atoms with Crippen molar-refractivity contribution in [3.05, 3.63) is 35.9 Å². The number of hydrogen-bond acceptors (Lipinski definition) is 2. The molecule has 1 aromatic carbocycles. The van der Waals surface area contributed by atoms with Crippen molar-refractivity contribution < 1.29 is 9.90 Å². The first-order valence-corrected chi connectivity index (χ1v) is 4.17. The van der Waals surface area contributed by atoms with Crippen molar-refractivity contribution >= 4 is 5.91 Å². The molecule has 3 nitrogen and oxygen atoms in total. The summed E-state index contributed by atoms with van der Waals surface area (Å²) in [7, 11) is 1.56. The fraction of sp³-hybridized carbons (Fsp3) is 0.300. The van der Waals surface area contributed by atoms with Crippen molar-refractivity contribution in [2.45, 2.75) is 12.5 Å². The van der Waals surface area contributed by atoms with Gasteiger partial charge >= 0.3 is 0 Å². The van der Waals surface area contributed by atoms with Crippen LogP contribution in [0.15, 0.2) is 30.3 Å². The third-order valence-electron chi connectivity index (χ3n) is 1.84. The Kier molecular flexibility index (Phi) is 3.46. The quantitative estimate of drug-likeness (QED) is 0.723. The summed E-state index contributed by atoms with van der Waals surface area (Å²) in [5, 5.41) is 12.0. The van der Waals surface area contributed by atoms with Gasteiger partial charge in [-0.1, -0.05) is 30.3 Å². The number of nitrogens with one attached hydrogen (secondary N) is 1. The molecule has 0 saturated heterocycles. The molecule has 0 aliphatic heterocycles. The van der Waals surface area contributed by atoms with E-state index in [1.165, 1.54) is 0 Å². The van der Waals surface area contributed by atoms with E-state index in [1.807, 2.05) is 18.2 Å². The van der Waals surface area contributed by atoms with Crippen LogP contribution in [0.5, 0.6) is 0 Å². The number of aliphatic hydroxyl groups excluding tert-OH is 1. The molecular weight excluding hydrogens is 166 g/mol. The lowest BCUT2D eigenvalue weighted by Gasteiger charge is -2.08. The summed E-state index contributed by atoms with van der Waals surface area (Å²) in [5.74, 6) is -0.156. The SMILES string of the molecule is CNC(=O)C[C@H](O)c1ccccc1. The Morgan fingerprint density at radius 3 is 2.62 bits per heavy atom. The van der Waals surface area contributed by atoms with Crippen LogP contribution in [0.2, 0.25) is 0 Å². The third-order valence-corrected chi connectivity index (χ3v) is 1.84. The molecule has 2 N–H and O–H groups in total. The molecule has 70 valence electrons. The van der Waals surface area contributed by atoms with E-state index in [0.29, 0.717) is 0 Å². The van der Waals surface area contributed by atoms with Crippen LogP contribution < -0.4 is 5.32 Å². The fourth-order valence-electron chi connectivity index (χ4n) is 1.07. The van der Waals surface area contributed by atoms with Gasteiger partial charge in [-0.2, -0.15) is 0 Å². The van der Waals surface area contributed by atoms with Crippen molar-refractivity contribution in [2.75, 3.05) is 7.05 Å². The molecule has 0 radical (unpaired) electrons. The van der Waals surface area contributed by atoms with E-state index in [9.17, 15) is 9.90 Å². The highest BCUT2D eigenvalue weighted by Gasteiger charge is 2.10. The van der Waals surface area contributed by atoms with Gasteiger partial charge in [-0.05, 0) is 5.56 Å². The number of benzene rings is 1. The maximum absolute atomic E-state index is 10.9. The van der Waals surface area contributed by atoms with Crippen LogP contribution in [0.4, 0.5) is 0 Å². The molecule has 0 bridgehead atoms. The molecule has 3 heteroatoms. The molecule has 13 heavy (non-hydrogen) atoms. The highest BCUT2D eigenvalue weighted by Crippen LogP contribution is 2.15. The largest absolute Gasteiger partial charge is 0.388 e. The van der Waals surface area contributed by atoms with Gasteiger partial charge in [0, 0.05) is 7.05 Å². The zero-order valence-corrected chi connectivity index (χ0v) is 7.53. The standard InChI is InChI=1S/C10H13NO2/c1-11-10(13)7-9(12)8-5-3-2-4-6-8/h2-6,9,12H,7H2,1H3,(H,11,13)/t9-/m0/s1. The van der Waals surface area contributed by atoms with Gasteiger partial charge in [0.2, 0.25) is 5.91 Å². The van der Waals surface area contributed by atoms with E-state index >= 15 is 0 Å². The monoisotopic (exact) mass is 179 g/mol. The average Bonchev–Trinajstić information content (AvgIpc) is 2.19. The Labute approximate surface area is 77.4 Å². The molecular formula is C10H13NO2. The fourth-order valence-corrected chi connectivity index (χ4v) is 1.07. The molecule has 0 aromatic heterocycles. The number of rotatable bonds is 3. The number of carbonyl (C=O) groups excluding carboxylic acids is 1. The molecule has 1 amide bonds. The van der Waals surface area contributed by atoms with Gasteiger partial charge < -0.3 is 10.4 Å². The molecule has 0 unspecified atom stereocenters. The number of aliphatic hydroxyl groups is 1. The highest BCUT2D eigenvalue weighted by atomic mass is 16.3. The maximum atomic E-state index is 10.9. The second-order valence-electron chi connectivity index (χ2n) is 2.80. The first-order chi connectivity index (χ1) is 6.24. The normalized spacial score (nSPS) is 12.2. The Morgan fingerprint density at radius 2 is 2.08 bits per heavy atom. The molecule has 1 aromatic rings. The number of amides is 1. The van der Waals surface area contributed by atoms with E-state index in [0.717, 1.165) is 5.56 Å². The van der Waals surface area contributed by atoms with Crippen LogP contribution >= 0.6 is 0 Å². The van der Waals surface area contributed by atoms with E-state index in [1.54, 1.807) is 19.2 Å². The van der Waals surface area contributed by atoms with Crippen LogP contribution in [0.3, 0.4) is 0 Å². The van der Waals surface area contributed by atoms with Crippen molar-refractivity contribution in [1.29, 1.82) is 0 Å². The van der Waals surface area contributed by atoms with Gasteiger partial charge in [0.05, 0.1) is 12.5 Å². The molecule has 0 fully saturated rings. The minimum Gasteiger partial charge on any atom is -0.388 e. The van der Waals surface area contributed by atoms with E-state index in [-0.39, 0.29) is 12.3 Å². The van der Waals surface area contributed by atoms with Crippen molar-refractivity contribution in [3.8, 4) is 0 Å². The summed E-state index contributed by atoms with van der Waals surface area (Å²) in [5.41, 5.74) is 0.770. The average molecular weight is 179 g/mol. The highest BCUT2D eigenvalue weighted by molar-refractivity contribution is 5.76. The molecule has 1 atom stereocenters. The van der Waals surface area contributed by atoms with Crippen molar-refractivity contribution in [2.24, 2.45) is 0 Å². The predicted octanol–water partition coefficient (Wildman–Crippen LogP) is 0.856. The first kappa shape index (κ1) is 9.74. The number of carbonyl (C=O) groups is 1. The molecule has 0 aliphatic rings. The second-order valence-corrected chi connectivity index (χ2v) is 2.80. The molecule has 0 spiro atoms. The topological polar surface area (TPSA) is 49.3 Å². The third kappa shape index (κ3) is 2.87. The predicted molar refractivity (Wildman–Crippen MR) is 50.1 cm³/mol. The van der Waals surface area contributed by atoms with Crippen molar-refractivity contribution in [1.82, 2.24) is 5.32 Å². The summed E-state index contributed by atoms with van der Waals surface area (Å²) in [4.78, 5) is 10.9. The maximum Gasteiger partial charge on any atom is 0.222 e. The van der Waals surface area contributed by atoms with Gasteiger partial charge in [-0.15, -0.1) is 0 Å². The van der Waals surface area contributed by atoms with Crippen LogP contribution in [0.1, 0.15) is 18.1 Å². The Hall–Kier alpha value is -1.35. The molecule has 0 saturated carbocycles. The zero-order valence-electron chi connectivity index (χ0n) is 7.53. The van der Waals surface area contributed by atoms with Gasteiger partial charge in [0.1, 0.15) is 0 Å². The minimum atomic E-state index is -0.707. The zero-order chi connectivity index (χ0) is 9.68. The summed E-state index contributed by atoms with van der Waals surface area (Å²) in [6, 6.07) is 9.14. The van der Waals surface area contributed by atoms with E-state index in [2.05, 4.69) is 5.32 Å². The van der Waals surface area contributed by atoms with Crippen LogP contribution in [-0.4, -0.2) is 18.1 Å². The lowest BCUT2D eigenvalue weighted by molar-refractivity contribution is -0.122. The Morgan fingerprint density at radius 1 is 1.46 bits per heavy atom. The number of hydrogen-bond donors (Lipinski definition) is 2. The van der Waals surface area contributed by atoms with Gasteiger partial charge in [-0.3, -0.25) is 4.79 Å². The summed E-state index contributed by atoms with van der Waals surface area (Å²) < 4.78 is 0. The Balaban J connectivity index is 2.59. The van der Waals surface area contributed by atoms with E-state index in [4.69, 9.17) is 0 Å². The first-order valence-electron chi connectivity index (χ1n) is 4.17. The van der Waals surface area contributed by atoms with Crippen LogP contribution in [0.25, 0.3) is 0 Å². The molecule has 1 rings (SSSR count). The van der Waals surface area contributed by atoms with Gasteiger partial charge in [-0.25, -0.2) is 0 Å². The van der Waals surface area contributed by atoms with E-state index < -0.39 is 6.10 Å². The summed E-state index contributed by atoms with van der Waals surface area (Å²) in [6.45, 7) is 0. The van der Waals surface area contributed by atoms with Gasteiger partial charge in [0.25, 0.3) is 0 Å². The minimum absolute atomic E-state index is 0.112. The smallest absolute Gasteiger partial charge is 0.222 e. The lowest BCUT2D eigenvalue weighted by atomic mass is 10.1. The van der Waals surface area contributed by atoms with Gasteiger partial charge in [0.15, 0.2) is 0 Å². The lowest BCUT2D eigenvalue weighted by Crippen LogP contribution is -2.20. The van der Waals surface area contributed by atoms with Crippen LogP contribution in [0, 0.1) is 0 Å². The summed E-state index contributed by atoms with van der Waals surface area (Å²) >= 11 is 0. The Bertz CT molecular complexity index is 272. The second kappa shape index (κ2) is 4.62.